The second-order valence-corrected chi connectivity index (χ2v) is 8.07. The fourth-order valence-corrected chi connectivity index (χ4v) is 3.77. The van der Waals surface area contributed by atoms with E-state index in [9.17, 15) is 4.79 Å². The van der Waals surface area contributed by atoms with Crippen molar-refractivity contribution in [3.8, 4) is 0 Å². The van der Waals surface area contributed by atoms with Crippen LogP contribution in [0.4, 0.5) is 5.13 Å². The van der Waals surface area contributed by atoms with Gasteiger partial charge in [-0.25, -0.2) is 4.98 Å². The normalized spacial score (nSPS) is 11.8. The van der Waals surface area contributed by atoms with E-state index in [0.29, 0.717) is 17.4 Å². The summed E-state index contributed by atoms with van der Waals surface area (Å²) in [6.45, 7) is 8.54. The molecule has 3 heterocycles. The Morgan fingerprint density at radius 1 is 1.25 bits per heavy atom. The van der Waals surface area contributed by atoms with E-state index >= 15 is 0 Å². The van der Waals surface area contributed by atoms with Crippen LogP contribution in [0.1, 0.15) is 49.4 Å². The van der Waals surface area contributed by atoms with E-state index in [0.717, 1.165) is 17.7 Å². The molecule has 3 aromatic rings. The van der Waals surface area contributed by atoms with Gasteiger partial charge in [0.25, 0.3) is 5.91 Å². The first-order chi connectivity index (χ1) is 13.3. The molecule has 148 valence electrons. The lowest BCUT2D eigenvalue weighted by molar-refractivity contribution is -0.0623. The maximum atomic E-state index is 12.7. The fraction of sp³-hybridized carbons (Fsp3) is 0.400. The molecule has 0 radical (unpaired) electrons. The van der Waals surface area contributed by atoms with E-state index in [1.165, 1.54) is 11.3 Å². The standard InChI is InChI=1S/C20H25N5O2S/c1-14(2)27-20(3,4)17-13-28-19(23-17)24-18(26)16-7-11-22-25(16)12-8-15-5-9-21-10-6-15/h5-7,9-11,13-14H,8,12H2,1-4H3,(H,23,24,26). The molecule has 0 saturated heterocycles. The second-order valence-electron chi connectivity index (χ2n) is 7.21. The molecular weight excluding hydrogens is 374 g/mol. The predicted octanol–water partition coefficient (Wildman–Crippen LogP) is 3.89. The second kappa shape index (κ2) is 8.62. The van der Waals surface area contributed by atoms with Gasteiger partial charge in [0, 0.05) is 30.5 Å². The first-order valence-electron chi connectivity index (χ1n) is 9.21. The minimum absolute atomic E-state index is 0.0875. The Morgan fingerprint density at radius 3 is 2.71 bits per heavy atom. The zero-order chi connectivity index (χ0) is 20.1. The highest BCUT2D eigenvalue weighted by Gasteiger charge is 2.26. The smallest absolute Gasteiger partial charge is 0.275 e. The van der Waals surface area contributed by atoms with E-state index in [2.05, 4.69) is 20.4 Å². The van der Waals surface area contributed by atoms with Crippen LogP contribution in [-0.2, 0) is 23.3 Å². The molecule has 1 N–H and O–H groups in total. The molecule has 8 heteroatoms. The van der Waals surface area contributed by atoms with Gasteiger partial charge in [-0.1, -0.05) is 0 Å². The average molecular weight is 400 g/mol. The Bertz CT molecular complexity index is 918. The third-order valence-electron chi connectivity index (χ3n) is 4.18. The molecule has 28 heavy (non-hydrogen) atoms. The van der Waals surface area contributed by atoms with Crippen molar-refractivity contribution in [1.29, 1.82) is 0 Å². The van der Waals surface area contributed by atoms with E-state index in [1.54, 1.807) is 29.3 Å². The van der Waals surface area contributed by atoms with Gasteiger partial charge in [-0.2, -0.15) is 5.10 Å². The van der Waals surface area contributed by atoms with Crippen LogP contribution in [0.25, 0.3) is 0 Å². The zero-order valence-electron chi connectivity index (χ0n) is 16.5. The van der Waals surface area contributed by atoms with Crippen molar-refractivity contribution in [2.45, 2.75) is 52.4 Å². The number of pyridine rings is 1. The van der Waals surface area contributed by atoms with Crippen LogP contribution in [0, 0.1) is 0 Å². The largest absolute Gasteiger partial charge is 0.367 e. The van der Waals surface area contributed by atoms with Gasteiger partial charge in [0.1, 0.15) is 11.3 Å². The van der Waals surface area contributed by atoms with Gasteiger partial charge < -0.3 is 4.74 Å². The molecule has 0 fully saturated rings. The van der Waals surface area contributed by atoms with Crippen LogP contribution in [0.5, 0.6) is 0 Å². The SMILES string of the molecule is CC(C)OC(C)(C)c1csc(NC(=O)c2ccnn2CCc2ccncc2)n1. The molecule has 3 aromatic heterocycles. The number of aryl methyl sites for hydroxylation is 2. The van der Waals surface area contributed by atoms with Crippen molar-refractivity contribution in [1.82, 2.24) is 19.7 Å². The maximum absolute atomic E-state index is 12.7. The Hall–Kier alpha value is -2.58. The van der Waals surface area contributed by atoms with E-state index in [4.69, 9.17) is 4.74 Å². The molecule has 0 aromatic carbocycles. The number of hydrogen-bond acceptors (Lipinski definition) is 6. The summed E-state index contributed by atoms with van der Waals surface area (Å²) in [5.74, 6) is -0.226. The number of nitrogens with one attached hydrogen (secondary N) is 1. The van der Waals surface area contributed by atoms with Crippen LogP contribution in [0.15, 0.2) is 42.2 Å². The number of anilines is 1. The first kappa shape index (κ1) is 20.2. The summed E-state index contributed by atoms with van der Waals surface area (Å²) in [4.78, 5) is 21.2. The van der Waals surface area contributed by atoms with Crippen molar-refractivity contribution >= 4 is 22.4 Å². The third-order valence-corrected chi connectivity index (χ3v) is 4.94. The van der Waals surface area contributed by atoms with E-state index < -0.39 is 5.60 Å². The minimum Gasteiger partial charge on any atom is -0.367 e. The Kier molecular flexibility index (Phi) is 6.21. The number of rotatable bonds is 8. The fourth-order valence-electron chi connectivity index (χ4n) is 2.91. The number of ether oxygens (including phenoxy) is 1. The molecule has 7 nitrogen and oxygen atoms in total. The van der Waals surface area contributed by atoms with Crippen molar-refractivity contribution < 1.29 is 9.53 Å². The van der Waals surface area contributed by atoms with Crippen molar-refractivity contribution in [3.63, 3.8) is 0 Å². The number of aromatic nitrogens is 4. The lowest BCUT2D eigenvalue weighted by Gasteiger charge is -2.25. The van der Waals surface area contributed by atoms with Crippen LogP contribution >= 0.6 is 11.3 Å². The highest BCUT2D eigenvalue weighted by atomic mass is 32.1. The molecule has 0 unspecified atom stereocenters. The van der Waals surface area contributed by atoms with E-state index in [-0.39, 0.29) is 12.0 Å². The number of amides is 1. The molecule has 0 aliphatic rings. The number of hydrogen-bond donors (Lipinski definition) is 1. The summed E-state index contributed by atoms with van der Waals surface area (Å²) in [5, 5.41) is 9.60. The Balaban J connectivity index is 1.65. The predicted molar refractivity (Wildman–Crippen MR) is 109 cm³/mol. The monoisotopic (exact) mass is 399 g/mol. The van der Waals surface area contributed by atoms with Crippen LogP contribution in [0.2, 0.25) is 0 Å². The topological polar surface area (TPSA) is 81.9 Å². The quantitative estimate of drug-likeness (QED) is 0.621. The average Bonchev–Trinajstić information content (AvgIpc) is 3.29. The highest BCUT2D eigenvalue weighted by Crippen LogP contribution is 2.29. The van der Waals surface area contributed by atoms with Gasteiger partial charge in [-0.3, -0.25) is 19.8 Å². The van der Waals surface area contributed by atoms with Crippen LogP contribution in [-0.4, -0.2) is 31.8 Å². The van der Waals surface area contributed by atoms with Gasteiger partial charge in [0.05, 0.1) is 11.8 Å². The molecule has 0 atom stereocenters. The summed E-state index contributed by atoms with van der Waals surface area (Å²) in [7, 11) is 0. The zero-order valence-corrected chi connectivity index (χ0v) is 17.4. The molecular formula is C20H25N5O2S. The number of carbonyl (C=O) groups excluding carboxylic acids is 1. The molecule has 0 bridgehead atoms. The molecule has 0 aliphatic carbocycles. The van der Waals surface area contributed by atoms with Gasteiger partial charge in [0.2, 0.25) is 0 Å². The maximum Gasteiger partial charge on any atom is 0.275 e. The van der Waals surface area contributed by atoms with Crippen LogP contribution < -0.4 is 5.32 Å². The Morgan fingerprint density at radius 2 is 2.00 bits per heavy atom. The number of nitrogens with zero attached hydrogens (tertiary/aromatic N) is 4. The Labute approximate surface area is 168 Å². The van der Waals surface area contributed by atoms with Gasteiger partial charge in [-0.15, -0.1) is 11.3 Å². The number of thiazole rings is 1. The first-order valence-corrected chi connectivity index (χ1v) is 10.1. The summed E-state index contributed by atoms with van der Waals surface area (Å²) >= 11 is 1.39. The third kappa shape index (κ3) is 5.02. The molecule has 0 saturated carbocycles. The summed E-state index contributed by atoms with van der Waals surface area (Å²) in [5.41, 5.74) is 1.94. The van der Waals surface area contributed by atoms with Crippen molar-refractivity contribution in [3.05, 3.63) is 59.1 Å². The molecule has 0 aliphatic heterocycles. The van der Waals surface area contributed by atoms with Gasteiger partial charge in [-0.05, 0) is 57.9 Å². The van der Waals surface area contributed by atoms with Crippen molar-refractivity contribution in [2.75, 3.05) is 5.32 Å². The molecule has 0 spiro atoms. The summed E-state index contributed by atoms with van der Waals surface area (Å²) < 4.78 is 7.62. The molecule has 1 amide bonds. The number of carbonyl (C=O) groups is 1. The van der Waals surface area contributed by atoms with Gasteiger partial charge in [0.15, 0.2) is 5.13 Å². The van der Waals surface area contributed by atoms with Crippen molar-refractivity contribution in [2.24, 2.45) is 0 Å². The minimum atomic E-state index is -0.514. The lowest BCUT2D eigenvalue weighted by Crippen LogP contribution is -2.26. The highest BCUT2D eigenvalue weighted by molar-refractivity contribution is 7.14. The molecule has 3 rings (SSSR count). The summed E-state index contributed by atoms with van der Waals surface area (Å²) in [6, 6.07) is 5.63. The van der Waals surface area contributed by atoms with E-state index in [1.807, 2.05) is 45.2 Å². The van der Waals surface area contributed by atoms with Crippen LogP contribution in [0.3, 0.4) is 0 Å². The van der Waals surface area contributed by atoms with Gasteiger partial charge >= 0.3 is 0 Å². The lowest BCUT2D eigenvalue weighted by atomic mass is 10.1. The summed E-state index contributed by atoms with van der Waals surface area (Å²) in [6.07, 6.45) is 6.01.